The zero-order valence-electron chi connectivity index (χ0n) is 13.1. The van der Waals surface area contributed by atoms with E-state index < -0.39 is 10.8 Å². The van der Waals surface area contributed by atoms with Crippen LogP contribution >= 0.6 is 0 Å². The van der Waals surface area contributed by atoms with Crippen LogP contribution in [0.4, 0.5) is 17.1 Å². The number of carbonyl (C=O) groups is 1. The van der Waals surface area contributed by atoms with Crippen molar-refractivity contribution in [2.45, 2.75) is 6.92 Å². The van der Waals surface area contributed by atoms with Crippen LogP contribution in [-0.4, -0.2) is 27.4 Å². The average molecular weight is 339 g/mol. The number of nitrogens with one attached hydrogen (secondary N) is 1. The Morgan fingerprint density at radius 3 is 2.60 bits per heavy atom. The van der Waals surface area contributed by atoms with E-state index in [1.54, 1.807) is 31.2 Å². The summed E-state index contributed by atoms with van der Waals surface area (Å²) in [7, 11) is 0. The smallest absolute Gasteiger partial charge is 0.301 e. The molecule has 3 rings (SSSR count). The topological polar surface area (TPSA) is 120 Å². The number of hydrogen-bond donors (Lipinski definition) is 2. The number of anilines is 2. The van der Waals surface area contributed by atoms with E-state index in [1.165, 1.54) is 17.1 Å². The lowest BCUT2D eigenvalue weighted by Gasteiger charge is -2.10. The van der Waals surface area contributed by atoms with E-state index in [0.29, 0.717) is 11.4 Å². The molecule has 0 spiro atoms. The summed E-state index contributed by atoms with van der Waals surface area (Å²) < 4.78 is 0. The van der Waals surface area contributed by atoms with Crippen LogP contribution in [0.25, 0.3) is 0 Å². The minimum absolute atomic E-state index is 0.0848. The second-order valence-corrected chi connectivity index (χ2v) is 5.17. The van der Waals surface area contributed by atoms with E-state index in [2.05, 4.69) is 15.6 Å². The lowest BCUT2D eigenvalue weighted by atomic mass is 10.2. The fraction of sp³-hybridized carbons (Fsp3) is 0.0625. The molecule has 0 saturated heterocycles. The van der Waals surface area contributed by atoms with E-state index in [-0.39, 0.29) is 22.8 Å². The fourth-order valence-corrected chi connectivity index (χ4v) is 2.22. The van der Waals surface area contributed by atoms with Crippen molar-refractivity contribution < 1.29 is 14.8 Å². The number of rotatable bonds is 4. The van der Waals surface area contributed by atoms with Crippen molar-refractivity contribution in [3.05, 3.63) is 58.6 Å². The molecule has 25 heavy (non-hydrogen) atoms. The second-order valence-electron chi connectivity index (χ2n) is 5.17. The quantitative estimate of drug-likeness (QED) is 0.503. The average Bonchev–Trinajstić information content (AvgIpc) is 2.89. The molecule has 1 aliphatic rings. The van der Waals surface area contributed by atoms with Crippen LogP contribution in [0.5, 0.6) is 5.75 Å². The van der Waals surface area contributed by atoms with Crippen molar-refractivity contribution in [1.29, 1.82) is 0 Å². The number of nitro groups is 1. The van der Waals surface area contributed by atoms with Crippen LogP contribution in [-0.2, 0) is 4.79 Å². The van der Waals surface area contributed by atoms with E-state index >= 15 is 0 Å². The Morgan fingerprint density at radius 2 is 1.96 bits per heavy atom. The summed E-state index contributed by atoms with van der Waals surface area (Å²) in [6.07, 6.45) is 0. The Kier molecular flexibility index (Phi) is 4.12. The molecule has 1 heterocycles. The van der Waals surface area contributed by atoms with E-state index in [0.717, 1.165) is 6.07 Å². The lowest BCUT2D eigenvalue weighted by molar-refractivity contribution is -0.384. The Bertz CT molecular complexity index is 908. The van der Waals surface area contributed by atoms with Gasteiger partial charge in [-0.2, -0.15) is 15.2 Å². The van der Waals surface area contributed by atoms with E-state index in [9.17, 15) is 20.0 Å². The molecule has 0 aromatic heterocycles. The minimum atomic E-state index is -0.621. The largest absolute Gasteiger partial charge is 0.505 e. The number of benzene rings is 2. The van der Waals surface area contributed by atoms with Gasteiger partial charge in [-0.3, -0.25) is 20.3 Å². The maximum Gasteiger partial charge on any atom is 0.301 e. The molecule has 2 aromatic carbocycles. The van der Waals surface area contributed by atoms with Crippen LogP contribution in [0.3, 0.4) is 0 Å². The maximum atomic E-state index is 12.5. The zero-order valence-corrected chi connectivity index (χ0v) is 13.1. The minimum Gasteiger partial charge on any atom is -0.505 e. The molecule has 1 amide bonds. The van der Waals surface area contributed by atoms with Gasteiger partial charge in [0.15, 0.2) is 5.71 Å². The predicted molar refractivity (Wildman–Crippen MR) is 92.9 cm³/mol. The van der Waals surface area contributed by atoms with Crippen molar-refractivity contribution in [3.8, 4) is 5.75 Å². The Hall–Kier alpha value is -3.75. The van der Waals surface area contributed by atoms with Crippen LogP contribution in [0.15, 0.2) is 58.7 Å². The summed E-state index contributed by atoms with van der Waals surface area (Å²) in [5.41, 5.74) is 3.52. The Balaban J connectivity index is 1.82. The van der Waals surface area contributed by atoms with Crippen molar-refractivity contribution in [1.82, 2.24) is 0 Å². The van der Waals surface area contributed by atoms with Gasteiger partial charge >= 0.3 is 5.91 Å². The molecule has 0 aliphatic carbocycles. The van der Waals surface area contributed by atoms with Gasteiger partial charge in [-0.1, -0.05) is 18.2 Å². The summed E-state index contributed by atoms with van der Waals surface area (Å²) in [5, 5.41) is 29.9. The van der Waals surface area contributed by atoms with Crippen LogP contribution in [0.1, 0.15) is 6.92 Å². The van der Waals surface area contributed by atoms with Gasteiger partial charge in [0.2, 0.25) is 0 Å². The highest BCUT2D eigenvalue weighted by molar-refractivity contribution is 6.71. The zero-order chi connectivity index (χ0) is 18.0. The van der Waals surface area contributed by atoms with Gasteiger partial charge in [-0.15, -0.1) is 0 Å². The van der Waals surface area contributed by atoms with Crippen molar-refractivity contribution >= 4 is 34.4 Å². The number of hydrazone groups is 2. The lowest BCUT2D eigenvalue weighted by Crippen LogP contribution is -2.27. The number of nitrogens with zero attached hydrogens (tertiary/aromatic N) is 4. The monoisotopic (exact) mass is 339 g/mol. The third-order valence-corrected chi connectivity index (χ3v) is 3.47. The van der Waals surface area contributed by atoms with Crippen molar-refractivity contribution in [2.24, 2.45) is 10.2 Å². The molecule has 2 N–H and O–H groups in total. The molecular weight excluding hydrogens is 326 g/mol. The fourth-order valence-electron chi connectivity index (χ4n) is 2.22. The molecule has 0 atom stereocenters. The maximum absolute atomic E-state index is 12.5. The van der Waals surface area contributed by atoms with Crippen LogP contribution < -0.4 is 10.4 Å². The Labute approximate surface area is 142 Å². The van der Waals surface area contributed by atoms with Gasteiger partial charge in [0.25, 0.3) is 5.69 Å². The van der Waals surface area contributed by atoms with Gasteiger partial charge < -0.3 is 5.11 Å². The van der Waals surface area contributed by atoms with Gasteiger partial charge in [-0.25, -0.2) is 0 Å². The highest BCUT2D eigenvalue weighted by atomic mass is 16.6. The standard InChI is InChI=1S/C16H13N5O4/c1-10-15(16(23)20(19-10)11-5-3-2-4-6-11)18-17-13-8-7-12(21(24)25)9-14(13)22/h2-9,17,22H,1H3/b18-15+. The van der Waals surface area contributed by atoms with Gasteiger partial charge in [0.05, 0.1) is 28.1 Å². The molecule has 2 aromatic rings. The third kappa shape index (κ3) is 3.15. The van der Waals surface area contributed by atoms with Crippen molar-refractivity contribution in [2.75, 3.05) is 10.4 Å². The van der Waals surface area contributed by atoms with Gasteiger partial charge in [-0.05, 0) is 25.1 Å². The van der Waals surface area contributed by atoms with Crippen LogP contribution in [0.2, 0.25) is 0 Å². The predicted octanol–water partition coefficient (Wildman–Crippen LogP) is 2.49. The van der Waals surface area contributed by atoms with Crippen LogP contribution in [0, 0.1) is 10.1 Å². The number of phenols is 1. The summed E-state index contributed by atoms with van der Waals surface area (Å²) in [5.74, 6) is -0.767. The molecular formula is C16H13N5O4. The molecule has 9 nitrogen and oxygen atoms in total. The van der Waals surface area contributed by atoms with E-state index in [1.807, 2.05) is 6.07 Å². The molecule has 1 aliphatic heterocycles. The molecule has 126 valence electrons. The first-order chi connectivity index (χ1) is 12.0. The van der Waals surface area contributed by atoms with Gasteiger partial charge in [0.1, 0.15) is 5.75 Å². The molecule has 0 bridgehead atoms. The number of para-hydroxylation sites is 1. The molecule has 0 saturated carbocycles. The third-order valence-electron chi connectivity index (χ3n) is 3.47. The summed E-state index contributed by atoms with van der Waals surface area (Å²) in [4.78, 5) is 22.5. The normalized spacial score (nSPS) is 15.4. The summed E-state index contributed by atoms with van der Waals surface area (Å²) >= 11 is 0. The summed E-state index contributed by atoms with van der Waals surface area (Å²) in [6, 6.07) is 12.4. The number of amides is 1. The number of hydrogen-bond acceptors (Lipinski definition) is 7. The highest BCUT2D eigenvalue weighted by Crippen LogP contribution is 2.28. The summed E-state index contributed by atoms with van der Waals surface area (Å²) in [6.45, 7) is 1.64. The van der Waals surface area contributed by atoms with Gasteiger partial charge in [0, 0.05) is 6.07 Å². The number of phenolic OH excluding ortho intramolecular Hbond substituents is 1. The first-order valence-corrected chi connectivity index (χ1v) is 7.23. The van der Waals surface area contributed by atoms with E-state index in [4.69, 9.17) is 0 Å². The number of nitro benzene ring substituents is 1. The molecule has 0 fully saturated rings. The SMILES string of the molecule is CC1=NN(c2ccccc2)C(=O)/C1=N/Nc1ccc([N+](=O)[O-])cc1O. The first kappa shape index (κ1) is 16.1. The molecule has 9 heteroatoms. The number of carbonyl (C=O) groups excluding carboxylic acids is 1. The molecule has 0 radical (unpaired) electrons. The highest BCUT2D eigenvalue weighted by Gasteiger charge is 2.30. The number of aromatic hydroxyl groups is 1. The Morgan fingerprint density at radius 1 is 1.24 bits per heavy atom. The number of non-ortho nitro benzene ring substituents is 1. The second kappa shape index (κ2) is 6.40. The first-order valence-electron chi connectivity index (χ1n) is 7.23. The van der Waals surface area contributed by atoms with Crippen molar-refractivity contribution in [3.63, 3.8) is 0 Å². The molecule has 0 unspecified atom stereocenters.